The number of amides is 1. The first kappa shape index (κ1) is 22.1. The number of benzene rings is 2. The number of carbonyl (C=O) groups is 2. The number of nitrogens with two attached hydrogens (primary N) is 1. The molecular weight excluding hydrogens is 396 g/mol. The number of ether oxygens (including phenoxy) is 2. The summed E-state index contributed by atoms with van der Waals surface area (Å²) in [6.07, 6.45) is 10.7. The van der Waals surface area contributed by atoms with Crippen molar-refractivity contribution < 1.29 is 23.9 Å². The lowest BCUT2D eigenvalue weighted by molar-refractivity contribution is -0.111. The molecule has 0 spiro atoms. The van der Waals surface area contributed by atoms with Crippen LogP contribution in [0.1, 0.15) is 35.2 Å². The van der Waals surface area contributed by atoms with E-state index >= 15 is 0 Å². The number of methoxy groups -OCH3 is 1. The zero-order chi connectivity index (χ0) is 22.1. The number of nitrogens with one attached hydrogen (secondary N) is 1. The SMILES string of the molecule is COc1cc(/C=C/C(=O)Nc2ccccc2C(=O)ON)ccc1OCC1CC=CCC1. The van der Waals surface area contributed by atoms with Gasteiger partial charge in [0, 0.05) is 6.08 Å². The molecule has 162 valence electrons. The van der Waals surface area contributed by atoms with E-state index in [1.807, 2.05) is 12.1 Å². The Morgan fingerprint density at radius 3 is 2.74 bits per heavy atom. The van der Waals surface area contributed by atoms with E-state index < -0.39 is 11.9 Å². The van der Waals surface area contributed by atoms with Crippen molar-refractivity contribution in [3.05, 3.63) is 71.8 Å². The molecule has 1 aliphatic rings. The first-order valence-electron chi connectivity index (χ1n) is 10.1. The zero-order valence-electron chi connectivity index (χ0n) is 17.4. The Morgan fingerprint density at radius 1 is 1.16 bits per heavy atom. The van der Waals surface area contributed by atoms with Gasteiger partial charge in [-0.25, -0.2) is 4.79 Å². The number of hydrogen-bond donors (Lipinski definition) is 2. The van der Waals surface area contributed by atoms with Crippen LogP contribution in [0.25, 0.3) is 6.08 Å². The second kappa shape index (κ2) is 11.0. The highest BCUT2D eigenvalue weighted by Gasteiger charge is 2.14. The van der Waals surface area contributed by atoms with Crippen molar-refractivity contribution in [2.45, 2.75) is 19.3 Å². The Kier molecular flexibility index (Phi) is 7.84. The summed E-state index contributed by atoms with van der Waals surface area (Å²) in [6.45, 7) is 0.642. The molecule has 1 aliphatic carbocycles. The quantitative estimate of drug-likeness (QED) is 0.377. The van der Waals surface area contributed by atoms with Crippen LogP contribution >= 0.6 is 0 Å². The molecule has 0 fully saturated rings. The third-order valence-corrected chi connectivity index (χ3v) is 4.98. The fourth-order valence-electron chi connectivity index (χ4n) is 3.30. The molecule has 0 saturated carbocycles. The first-order valence-corrected chi connectivity index (χ1v) is 10.1. The average molecular weight is 422 g/mol. The van der Waals surface area contributed by atoms with Crippen molar-refractivity contribution in [2.75, 3.05) is 19.0 Å². The molecule has 1 unspecified atom stereocenters. The molecule has 2 aromatic rings. The van der Waals surface area contributed by atoms with Gasteiger partial charge in [-0.05, 0) is 61.1 Å². The molecule has 1 atom stereocenters. The lowest BCUT2D eigenvalue weighted by atomic mass is 9.95. The maximum Gasteiger partial charge on any atom is 0.358 e. The van der Waals surface area contributed by atoms with Gasteiger partial charge < -0.3 is 19.6 Å². The molecule has 0 aliphatic heterocycles. The minimum absolute atomic E-state index is 0.170. The molecule has 7 nitrogen and oxygen atoms in total. The molecule has 3 rings (SSSR count). The molecule has 2 aromatic carbocycles. The molecular formula is C24H26N2O5. The van der Waals surface area contributed by atoms with E-state index in [1.54, 1.807) is 37.5 Å². The highest BCUT2D eigenvalue weighted by molar-refractivity contribution is 6.06. The third-order valence-electron chi connectivity index (χ3n) is 4.98. The van der Waals surface area contributed by atoms with Gasteiger partial charge in [-0.3, -0.25) is 4.79 Å². The standard InChI is InChI=1S/C24H26N2O5/c1-29-22-15-17(11-13-21(22)30-16-18-7-3-2-4-8-18)12-14-23(27)26-20-10-6-5-9-19(20)24(28)31-25/h2-3,5-6,9-15,18H,4,7-8,16,25H2,1H3,(H,26,27)/b14-12+. The Hall–Kier alpha value is -3.58. The first-order chi connectivity index (χ1) is 15.1. The van der Waals surface area contributed by atoms with Crippen molar-refractivity contribution in [3.8, 4) is 11.5 Å². The van der Waals surface area contributed by atoms with Crippen molar-refractivity contribution in [1.82, 2.24) is 0 Å². The van der Waals surface area contributed by atoms with Gasteiger partial charge in [0.1, 0.15) is 0 Å². The van der Waals surface area contributed by atoms with Crippen LogP contribution < -0.4 is 20.7 Å². The van der Waals surface area contributed by atoms with E-state index in [1.165, 1.54) is 12.1 Å². The summed E-state index contributed by atoms with van der Waals surface area (Å²) in [6, 6.07) is 11.9. The van der Waals surface area contributed by atoms with E-state index in [-0.39, 0.29) is 5.56 Å². The van der Waals surface area contributed by atoms with Gasteiger partial charge in [0.25, 0.3) is 0 Å². The summed E-state index contributed by atoms with van der Waals surface area (Å²) >= 11 is 0. The van der Waals surface area contributed by atoms with Crippen LogP contribution in [-0.4, -0.2) is 25.6 Å². The van der Waals surface area contributed by atoms with Crippen LogP contribution in [0.2, 0.25) is 0 Å². The fraction of sp³-hybridized carbons (Fsp3) is 0.250. The van der Waals surface area contributed by atoms with Crippen LogP contribution in [0.3, 0.4) is 0 Å². The molecule has 3 N–H and O–H groups in total. The number of carbonyl (C=O) groups excluding carboxylic acids is 2. The smallest absolute Gasteiger partial charge is 0.358 e. The normalized spacial score (nSPS) is 15.5. The Bertz CT molecular complexity index is 984. The summed E-state index contributed by atoms with van der Waals surface area (Å²) in [7, 11) is 1.58. The van der Waals surface area contributed by atoms with Gasteiger partial charge in [-0.1, -0.05) is 30.4 Å². The second-order valence-electron chi connectivity index (χ2n) is 7.15. The fourth-order valence-corrected chi connectivity index (χ4v) is 3.30. The minimum atomic E-state index is -0.732. The highest BCUT2D eigenvalue weighted by atomic mass is 16.7. The lowest BCUT2D eigenvalue weighted by Gasteiger charge is -2.19. The third kappa shape index (κ3) is 6.20. The van der Waals surface area contributed by atoms with Crippen molar-refractivity contribution in [3.63, 3.8) is 0 Å². The maximum absolute atomic E-state index is 12.3. The second-order valence-corrected chi connectivity index (χ2v) is 7.15. The van der Waals surface area contributed by atoms with Crippen LogP contribution in [0, 0.1) is 5.92 Å². The Morgan fingerprint density at radius 2 is 2.00 bits per heavy atom. The predicted molar refractivity (Wildman–Crippen MR) is 119 cm³/mol. The van der Waals surface area contributed by atoms with Gasteiger partial charge in [-0.15, -0.1) is 0 Å². The van der Waals surface area contributed by atoms with Crippen LogP contribution in [-0.2, 0) is 9.63 Å². The molecule has 0 saturated heterocycles. The number of allylic oxidation sites excluding steroid dienone is 2. The Labute approximate surface area is 181 Å². The van der Waals surface area contributed by atoms with E-state index in [4.69, 9.17) is 15.4 Å². The van der Waals surface area contributed by atoms with Gasteiger partial charge in [0.15, 0.2) is 11.5 Å². The summed E-state index contributed by atoms with van der Waals surface area (Å²) in [5, 5.41) is 2.65. The summed E-state index contributed by atoms with van der Waals surface area (Å²) < 4.78 is 11.4. The van der Waals surface area contributed by atoms with E-state index in [9.17, 15) is 9.59 Å². The average Bonchev–Trinajstić information content (AvgIpc) is 2.82. The molecule has 31 heavy (non-hydrogen) atoms. The molecule has 0 radical (unpaired) electrons. The Balaban J connectivity index is 1.63. The molecule has 1 amide bonds. The summed E-state index contributed by atoms with van der Waals surface area (Å²) in [5.41, 5.74) is 1.25. The molecule has 0 bridgehead atoms. The van der Waals surface area contributed by atoms with Gasteiger partial charge in [-0.2, -0.15) is 5.90 Å². The highest BCUT2D eigenvalue weighted by Crippen LogP contribution is 2.30. The van der Waals surface area contributed by atoms with E-state index in [0.29, 0.717) is 29.7 Å². The summed E-state index contributed by atoms with van der Waals surface area (Å²) in [4.78, 5) is 28.3. The molecule has 0 heterocycles. The van der Waals surface area contributed by atoms with Gasteiger partial charge in [0.05, 0.1) is 25.0 Å². The van der Waals surface area contributed by atoms with Crippen LogP contribution in [0.15, 0.2) is 60.7 Å². The van der Waals surface area contributed by atoms with Crippen LogP contribution in [0.4, 0.5) is 5.69 Å². The number of para-hydroxylation sites is 1. The zero-order valence-corrected chi connectivity index (χ0v) is 17.4. The topological polar surface area (TPSA) is 99.9 Å². The van der Waals surface area contributed by atoms with Gasteiger partial charge >= 0.3 is 5.97 Å². The number of rotatable bonds is 8. The number of anilines is 1. The van der Waals surface area contributed by atoms with Gasteiger partial charge in [0.2, 0.25) is 5.91 Å². The van der Waals surface area contributed by atoms with Crippen molar-refractivity contribution in [1.29, 1.82) is 0 Å². The monoisotopic (exact) mass is 422 g/mol. The lowest BCUT2D eigenvalue weighted by Crippen LogP contribution is -2.15. The minimum Gasteiger partial charge on any atom is -0.493 e. The predicted octanol–water partition coefficient (Wildman–Crippen LogP) is 4.11. The van der Waals surface area contributed by atoms with Crippen molar-refractivity contribution in [2.24, 2.45) is 11.8 Å². The largest absolute Gasteiger partial charge is 0.493 e. The molecule has 0 aromatic heterocycles. The molecule has 7 heteroatoms. The van der Waals surface area contributed by atoms with Crippen LogP contribution in [0.5, 0.6) is 11.5 Å². The van der Waals surface area contributed by atoms with E-state index in [2.05, 4.69) is 22.3 Å². The maximum atomic E-state index is 12.3. The van der Waals surface area contributed by atoms with E-state index in [0.717, 1.165) is 24.8 Å². The summed E-state index contributed by atoms with van der Waals surface area (Å²) in [5.74, 6) is 5.59. The van der Waals surface area contributed by atoms with Crippen molar-refractivity contribution >= 4 is 23.6 Å². The number of hydrogen-bond acceptors (Lipinski definition) is 6.